The highest BCUT2D eigenvalue weighted by Crippen LogP contribution is 2.14. The molecule has 0 heterocycles. The largest absolute Gasteiger partial charge is 0.481 e. The van der Waals surface area contributed by atoms with Crippen molar-refractivity contribution in [3.63, 3.8) is 0 Å². The Morgan fingerprint density at radius 2 is 1.17 bits per heavy atom. The fourth-order valence-corrected chi connectivity index (χ4v) is 4.32. The topological polar surface area (TPSA) is 109 Å². The average Bonchev–Trinajstić information content (AvgIpc) is 2.84. The van der Waals surface area contributed by atoms with E-state index in [0.29, 0.717) is 18.4 Å². The summed E-state index contributed by atoms with van der Waals surface area (Å²) in [5.74, 6) is -0.265. The molecule has 0 bridgehead atoms. The second kappa shape index (κ2) is 27.3. The molecule has 0 aliphatic carbocycles. The van der Waals surface area contributed by atoms with Crippen molar-refractivity contribution in [3.8, 4) is 0 Å². The maximum atomic E-state index is 10.5. The van der Waals surface area contributed by atoms with Crippen molar-refractivity contribution in [1.82, 2.24) is 21.3 Å². The van der Waals surface area contributed by atoms with Crippen LogP contribution in [0.1, 0.15) is 135 Å². The third-order valence-corrected chi connectivity index (χ3v) is 6.69. The van der Waals surface area contributed by atoms with Crippen LogP contribution in [0.3, 0.4) is 0 Å². The molecule has 0 aromatic rings. The van der Waals surface area contributed by atoms with Crippen molar-refractivity contribution >= 4 is 11.9 Å². The van der Waals surface area contributed by atoms with Crippen LogP contribution in [0.4, 0.5) is 0 Å². The van der Waals surface area contributed by atoms with E-state index in [1.54, 1.807) is 7.05 Å². The molecule has 208 valence electrons. The van der Waals surface area contributed by atoms with Gasteiger partial charge in [0.25, 0.3) is 0 Å². The van der Waals surface area contributed by atoms with Gasteiger partial charge >= 0.3 is 5.97 Å². The Kier molecular flexibility index (Phi) is 26.2. The summed E-state index contributed by atoms with van der Waals surface area (Å²) in [7, 11) is 1.76. The van der Waals surface area contributed by atoms with Crippen molar-refractivity contribution in [3.05, 3.63) is 0 Å². The van der Waals surface area contributed by atoms with Gasteiger partial charge < -0.3 is 26.4 Å². The molecule has 7 nitrogen and oxygen atoms in total. The van der Waals surface area contributed by atoms with Gasteiger partial charge in [-0.15, -0.1) is 0 Å². The van der Waals surface area contributed by atoms with Crippen molar-refractivity contribution in [2.45, 2.75) is 141 Å². The number of carboxylic acids is 1. The number of hydrogen-bond acceptors (Lipinski definition) is 4. The van der Waals surface area contributed by atoms with E-state index < -0.39 is 5.97 Å². The third-order valence-electron chi connectivity index (χ3n) is 6.69. The number of hydrogen-bond donors (Lipinski definition) is 6. The van der Waals surface area contributed by atoms with E-state index in [4.69, 9.17) is 10.5 Å². The summed E-state index contributed by atoms with van der Waals surface area (Å²) in [6, 6.07) is 0.501. The normalized spacial score (nSPS) is 11.9. The van der Waals surface area contributed by atoms with Gasteiger partial charge in [-0.1, -0.05) is 96.3 Å². The van der Waals surface area contributed by atoms with Crippen LogP contribution in [0, 0.1) is 5.41 Å². The number of aliphatic carboxylic acids is 1. The predicted octanol–water partition coefficient (Wildman–Crippen LogP) is 6.14. The number of unbranched alkanes of at least 4 members (excludes halogenated alkanes) is 16. The summed E-state index contributed by atoms with van der Waals surface area (Å²) in [4.78, 5) is 10.5. The number of nitrogens with one attached hydrogen (secondary N) is 5. The van der Waals surface area contributed by atoms with Gasteiger partial charge in [-0.25, -0.2) is 0 Å². The minimum absolute atomic E-state index is 0.335. The van der Waals surface area contributed by atoms with Gasteiger partial charge in [-0.05, 0) is 39.2 Å². The first-order valence-corrected chi connectivity index (χ1v) is 14.7. The molecule has 1 unspecified atom stereocenters. The van der Waals surface area contributed by atoms with E-state index in [1.807, 2.05) is 0 Å². The van der Waals surface area contributed by atoms with E-state index >= 15 is 0 Å². The fraction of sp³-hybridized carbons (Fsp3) is 0.929. The van der Waals surface area contributed by atoms with Gasteiger partial charge in [0.1, 0.15) is 0 Å². The van der Waals surface area contributed by atoms with E-state index in [9.17, 15) is 4.79 Å². The fourth-order valence-electron chi connectivity index (χ4n) is 4.32. The highest BCUT2D eigenvalue weighted by atomic mass is 16.4. The van der Waals surface area contributed by atoms with Crippen molar-refractivity contribution < 1.29 is 9.90 Å². The summed E-state index contributed by atoms with van der Waals surface area (Å²) >= 11 is 0. The molecule has 0 amide bonds. The number of carboxylic acid groups (broad SMARTS) is 1. The molecule has 0 fully saturated rings. The molecule has 0 saturated carbocycles. The summed E-state index contributed by atoms with van der Waals surface area (Å²) < 4.78 is 0. The van der Waals surface area contributed by atoms with Crippen molar-refractivity contribution in [2.75, 3.05) is 26.8 Å². The predicted molar refractivity (Wildman–Crippen MR) is 150 cm³/mol. The lowest BCUT2D eigenvalue weighted by atomic mass is 10.0. The molecule has 0 spiro atoms. The Morgan fingerprint density at radius 1 is 0.714 bits per heavy atom. The molecule has 0 radical (unpaired) electrons. The summed E-state index contributed by atoms with van der Waals surface area (Å²) in [5, 5.41) is 28.9. The zero-order valence-electron chi connectivity index (χ0n) is 23.2. The van der Waals surface area contributed by atoms with Crippen LogP contribution >= 0.6 is 0 Å². The second-order valence-corrected chi connectivity index (χ2v) is 10.1. The SMILES string of the molecule is CNC(=N)NCCCC(C)NCNCCCCCCCCCCCCCCCCCCCC(=O)O. The van der Waals surface area contributed by atoms with Gasteiger partial charge in [0.05, 0.1) is 0 Å². The van der Waals surface area contributed by atoms with Crippen molar-refractivity contribution in [2.24, 2.45) is 0 Å². The van der Waals surface area contributed by atoms with E-state index in [1.165, 1.54) is 96.3 Å². The highest BCUT2D eigenvalue weighted by molar-refractivity contribution is 5.75. The quantitative estimate of drug-likeness (QED) is 0.0352. The number of carbonyl (C=O) groups is 1. The molecule has 1 atom stereocenters. The van der Waals surface area contributed by atoms with Crippen LogP contribution < -0.4 is 21.3 Å². The van der Waals surface area contributed by atoms with Crippen molar-refractivity contribution in [1.29, 1.82) is 5.41 Å². The molecule has 35 heavy (non-hydrogen) atoms. The van der Waals surface area contributed by atoms with Gasteiger partial charge in [0, 0.05) is 32.7 Å². The maximum absolute atomic E-state index is 10.5. The molecular weight excluding hydrogens is 438 g/mol. The monoisotopic (exact) mass is 497 g/mol. The first-order valence-electron chi connectivity index (χ1n) is 14.7. The second-order valence-electron chi connectivity index (χ2n) is 10.1. The molecule has 0 aromatic carbocycles. The highest BCUT2D eigenvalue weighted by Gasteiger charge is 2.01. The van der Waals surface area contributed by atoms with Gasteiger partial charge in [-0.3, -0.25) is 10.2 Å². The minimum atomic E-state index is -0.659. The zero-order chi connectivity index (χ0) is 25.8. The molecule has 0 saturated heterocycles. The van der Waals surface area contributed by atoms with Crippen LogP contribution in [0.5, 0.6) is 0 Å². The van der Waals surface area contributed by atoms with Crippen LogP contribution in [-0.4, -0.2) is 49.9 Å². The standard InChI is InChI=1S/C28H59N5O2/c1-26(21-20-24-32-28(29)30-2)33-25-31-23-19-17-15-13-11-9-7-5-3-4-6-8-10-12-14-16-18-22-27(34)35/h26,31,33H,3-25H2,1-2H3,(H,34,35)(H3,29,30,32). The van der Waals surface area contributed by atoms with Gasteiger partial charge in [-0.2, -0.15) is 0 Å². The molecule has 0 aromatic heterocycles. The minimum Gasteiger partial charge on any atom is -0.481 e. The van der Waals surface area contributed by atoms with Crippen LogP contribution in [-0.2, 0) is 4.79 Å². The molecule has 0 aliphatic rings. The van der Waals surface area contributed by atoms with Crippen LogP contribution in [0.2, 0.25) is 0 Å². The smallest absolute Gasteiger partial charge is 0.303 e. The third kappa shape index (κ3) is 28.8. The molecule has 7 heteroatoms. The lowest BCUT2D eigenvalue weighted by Crippen LogP contribution is -2.37. The lowest BCUT2D eigenvalue weighted by Gasteiger charge is -2.15. The first kappa shape index (κ1) is 33.7. The zero-order valence-corrected chi connectivity index (χ0v) is 23.2. The Labute approximate surface area is 216 Å². The summed E-state index contributed by atoms with van der Waals surface area (Å²) in [5.41, 5.74) is 0. The van der Waals surface area contributed by atoms with E-state index in [2.05, 4.69) is 28.2 Å². The molecule has 0 aliphatic heterocycles. The Balaban J connectivity index is 3.13. The summed E-state index contributed by atoms with van der Waals surface area (Å²) in [6.45, 7) is 5.06. The van der Waals surface area contributed by atoms with Crippen LogP contribution in [0.25, 0.3) is 0 Å². The Morgan fingerprint density at radius 3 is 1.63 bits per heavy atom. The van der Waals surface area contributed by atoms with E-state index in [-0.39, 0.29) is 0 Å². The van der Waals surface area contributed by atoms with Gasteiger partial charge in [0.15, 0.2) is 5.96 Å². The Bertz CT molecular complexity index is 476. The maximum Gasteiger partial charge on any atom is 0.303 e. The molecule has 0 rings (SSSR count). The average molecular weight is 498 g/mol. The summed E-state index contributed by atoms with van der Waals surface area (Å²) in [6.07, 6.45) is 24.7. The lowest BCUT2D eigenvalue weighted by molar-refractivity contribution is -0.137. The molecule has 6 N–H and O–H groups in total. The first-order chi connectivity index (χ1) is 17.1. The molecular formula is C28H59N5O2. The number of guanidine groups is 1. The van der Waals surface area contributed by atoms with Gasteiger partial charge in [0.2, 0.25) is 0 Å². The number of rotatable bonds is 27. The van der Waals surface area contributed by atoms with Crippen LogP contribution in [0.15, 0.2) is 0 Å². The van der Waals surface area contributed by atoms with E-state index in [0.717, 1.165) is 45.4 Å². The Hall–Kier alpha value is -1.34.